The van der Waals surface area contributed by atoms with Crippen LogP contribution in [0.25, 0.3) is 11.6 Å². The molecule has 0 saturated heterocycles. The minimum Gasteiger partial charge on any atom is -0.458 e. The van der Waals surface area contributed by atoms with E-state index >= 15 is 0 Å². The summed E-state index contributed by atoms with van der Waals surface area (Å²) in [7, 11) is 0. The van der Waals surface area contributed by atoms with Gasteiger partial charge in [0, 0.05) is 11.3 Å². The Balaban J connectivity index is 2.56. The molecule has 4 heteroatoms. The second-order valence-corrected chi connectivity index (χ2v) is 3.74. The van der Waals surface area contributed by atoms with Crippen LogP contribution in [0, 0.1) is 13.8 Å². The van der Waals surface area contributed by atoms with Crippen LogP contribution < -0.4 is 5.56 Å². The van der Waals surface area contributed by atoms with Gasteiger partial charge in [0.1, 0.15) is 5.76 Å². The lowest BCUT2D eigenvalue weighted by Crippen LogP contribution is -2.16. The molecule has 2 aromatic heterocycles. The van der Waals surface area contributed by atoms with Crippen molar-refractivity contribution in [1.82, 2.24) is 9.97 Å². The van der Waals surface area contributed by atoms with E-state index in [0.29, 0.717) is 18.0 Å². The van der Waals surface area contributed by atoms with Gasteiger partial charge in [-0.05, 0) is 32.4 Å². The number of H-pyrrole nitrogens is 1. The van der Waals surface area contributed by atoms with Crippen LogP contribution in [0.5, 0.6) is 0 Å². The average Bonchev–Trinajstić information content (AvgIpc) is 2.64. The Morgan fingerprint density at radius 1 is 1.38 bits per heavy atom. The van der Waals surface area contributed by atoms with Gasteiger partial charge in [0.2, 0.25) is 0 Å². The summed E-state index contributed by atoms with van der Waals surface area (Å²) in [5.41, 5.74) is 1.40. The fourth-order valence-corrected chi connectivity index (χ4v) is 1.71. The van der Waals surface area contributed by atoms with Crippen molar-refractivity contribution < 1.29 is 4.42 Å². The van der Waals surface area contributed by atoms with Crippen molar-refractivity contribution in [3.63, 3.8) is 0 Å². The molecule has 4 nitrogen and oxygen atoms in total. The molecule has 84 valence electrons. The number of aromatic nitrogens is 2. The van der Waals surface area contributed by atoms with Crippen LogP contribution in [0.3, 0.4) is 0 Å². The molecule has 2 aromatic rings. The summed E-state index contributed by atoms with van der Waals surface area (Å²) in [5, 5.41) is 0. The number of nitrogens with one attached hydrogen (secondary N) is 1. The first-order valence-corrected chi connectivity index (χ1v) is 5.28. The molecule has 0 aliphatic carbocycles. The van der Waals surface area contributed by atoms with Gasteiger partial charge in [0.15, 0.2) is 11.6 Å². The maximum Gasteiger partial charge on any atom is 0.254 e. The molecular formula is C12H14N2O2. The summed E-state index contributed by atoms with van der Waals surface area (Å²) in [6, 6.07) is 3.65. The van der Waals surface area contributed by atoms with Crippen LogP contribution in [-0.4, -0.2) is 9.97 Å². The summed E-state index contributed by atoms with van der Waals surface area (Å²) < 4.78 is 5.42. The Hall–Kier alpha value is -1.84. The fraction of sp³-hybridized carbons (Fsp3) is 0.333. The number of rotatable bonds is 2. The lowest BCUT2D eigenvalue weighted by molar-refractivity contribution is 0.543. The van der Waals surface area contributed by atoms with Crippen molar-refractivity contribution in [3.05, 3.63) is 39.5 Å². The molecule has 0 atom stereocenters. The predicted octanol–water partition coefficient (Wildman–Crippen LogP) is 2.21. The minimum atomic E-state index is -0.0842. The van der Waals surface area contributed by atoms with Gasteiger partial charge in [0.05, 0.1) is 0 Å². The first-order valence-electron chi connectivity index (χ1n) is 5.28. The Morgan fingerprint density at radius 3 is 2.62 bits per heavy atom. The van der Waals surface area contributed by atoms with Gasteiger partial charge in [-0.3, -0.25) is 4.79 Å². The van der Waals surface area contributed by atoms with Crippen molar-refractivity contribution >= 4 is 0 Å². The van der Waals surface area contributed by atoms with Crippen molar-refractivity contribution in [3.8, 4) is 11.6 Å². The predicted molar refractivity (Wildman–Crippen MR) is 61.4 cm³/mol. The highest BCUT2D eigenvalue weighted by atomic mass is 16.3. The standard InChI is InChI=1S/C12H14N2O2/c1-4-9-8(3)13-11(14-12(9)15)10-6-5-7(2)16-10/h5-6H,4H2,1-3H3,(H,13,14,15). The first kappa shape index (κ1) is 10.7. The highest BCUT2D eigenvalue weighted by Crippen LogP contribution is 2.17. The molecule has 0 spiro atoms. The normalized spacial score (nSPS) is 10.7. The molecule has 0 amide bonds. The summed E-state index contributed by atoms with van der Waals surface area (Å²) >= 11 is 0. The van der Waals surface area contributed by atoms with Crippen molar-refractivity contribution in [2.24, 2.45) is 0 Å². The Kier molecular flexibility index (Phi) is 2.64. The third kappa shape index (κ3) is 1.78. The molecule has 2 heterocycles. The number of aromatic amines is 1. The van der Waals surface area contributed by atoms with Crippen LogP contribution in [-0.2, 0) is 6.42 Å². The number of aryl methyl sites for hydroxylation is 2. The molecule has 0 aromatic carbocycles. The Bertz CT molecular complexity index is 567. The van der Waals surface area contributed by atoms with Crippen molar-refractivity contribution in [1.29, 1.82) is 0 Å². The van der Waals surface area contributed by atoms with Gasteiger partial charge in [-0.1, -0.05) is 6.92 Å². The topological polar surface area (TPSA) is 58.9 Å². The zero-order chi connectivity index (χ0) is 11.7. The zero-order valence-corrected chi connectivity index (χ0v) is 9.63. The molecule has 0 unspecified atom stereocenters. The molecule has 0 aliphatic heterocycles. The largest absolute Gasteiger partial charge is 0.458 e. The molecule has 0 bridgehead atoms. The molecule has 0 radical (unpaired) electrons. The second-order valence-electron chi connectivity index (χ2n) is 3.74. The van der Waals surface area contributed by atoms with E-state index in [-0.39, 0.29) is 5.56 Å². The van der Waals surface area contributed by atoms with E-state index in [1.54, 1.807) is 6.07 Å². The number of hydrogen-bond acceptors (Lipinski definition) is 3. The lowest BCUT2D eigenvalue weighted by atomic mass is 10.2. The van der Waals surface area contributed by atoms with E-state index in [1.807, 2.05) is 26.8 Å². The van der Waals surface area contributed by atoms with Gasteiger partial charge in [-0.15, -0.1) is 0 Å². The quantitative estimate of drug-likeness (QED) is 0.840. The summed E-state index contributed by atoms with van der Waals surface area (Å²) in [4.78, 5) is 18.8. The van der Waals surface area contributed by atoms with E-state index in [1.165, 1.54) is 0 Å². The maximum absolute atomic E-state index is 11.7. The summed E-state index contributed by atoms with van der Waals surface area (Å²) in [6.07, 6.45) is 0.686. The second kappa shape index (κ2) is 3.96. The van der Waals surface area contributed by atoms with E-state index in [0.717, 1.165) is 17.0 Å². The Labute approximate surface area is 93.3 Å². The number of nitrogens with zero attached hydrogens (tertiary/aromatic N) is 1. The van der Waals surface area contributed by atoms with Crippen LogP contribution in [0.2, 0.25) is 0 Å². The minimum absolute atomic E-state index is 0.0842. The molecule has 1 N–H and O–H groups in total. The molecular weight excluding hydrogens is 204 g/mol. The SMILES string of the molecule is CCc1c(C)nc(-c2ccc(C)o2)[nH]c1=O. The van der Waals surface area contributed by atoms with Crippen LogP contribution >= 0.6 is 0 Å². The average molecular weight is 218 g/mol. The third-order valence-electron chi connectivity index (χ3n) is 2.55. The highest BCUT2D eigenvalue weighted by molar-refractivity contribution is 5.47. The van der Waals surface area contributed by atoms with E-state index < -0.39 is 0 Å². The first-order chi connectivity index (χ1) is 7.61. The van der Waals surface area contributed by atoms with E-state index in [2.05, 4.69) is 9.97 Å². The van der Waals surface area contributed by atoms with E-state index in [9.17, 15) is 4.79 Å². The number of furan rings is 1. The molecule has 0 fully saturated rings. The number of hydrogen-bond donors (Lipinski definition) is 1. The molecule has 0 saturated carbocycles. The fourth-order valence-electron chi connectivity index (χ4n) is 1.71. The molecule has 0 aliphatic rings. The van der Waals surface area contributed by atoms with Crippen LogP contribution in [0.15, 0.2) is 21.3 Å². The highest BCUT2D eigenvalue weighted by Gasteiger charge is 2.10. The van der Waals surface area contributed by atoms with Crippen molar-refractivity contribution in [2.45, 2.75) is 27.2 Å². The van der Waals surface area contributed by atoms with Crippen LogP contribution in [0.1, 0.15) is 23.9 Å². The van der Waals surface area contributed by atoms with E-state index in [4.69, 9.17) is 4.42 Å². The van der Waals surface area contributed by atoms with Gasteiger partial charge >= 0.3 is 0 Å². The van der Waals surface area contributed by atoms with Gasteiger partial charge in [0.25, 0.3) is 5.56 Å². The summed E-state index contributed by atoms with van der Waals surface area (Å²) in [6.45, 7) is 5.64. The Morgan fingerprint density at radius 2 is 2.12 bits per heavy atom. The smallest absolute Gasteiger partial charge is 0.254 e. The zero-order valence-electron chi connectivity index (χ0n) is 9.63. The van der Waals surface area contributed by atoms with Crippen molar-refractivity contribution in [2.75, 3.05) is 0 Å². The summed E-state index contributed by atoms with van der Waals surface area (Å²) in [5.74, 6) is 1.89. The third-order valence-corrected chi connectivity index (χ3v) is 2.55. The van der Waals surface area contributed by atoms with Gasteiger partial charge < -0.3 is 9.40 Å². The lowest BCUT2D eigenvalue weighted by Gasteiger charge is -2.03. The molecule has 16 heavy (non-hydrogen) atoms. The monoisotopic (exact) mass is 218 g/mol. The van der Waals surface area contributed by atoms with Gasteiger partial charge in [-0.25, -0.2) is 4.98 Å². The maximum atomic E-state index is 11.7. The van der Waals surface area contributed by atoms with Gasteiger partial charge in [-0.2, -0.15) is 0 Å². The molecule has 2 rings (SSSR count). The van der Waals surface area contributed by atoms with Crippen LogP contribution in [0.4, 0.5) is 0 Å².